The highest BCUT2D eigenvalue weighted by Gasteiger charge is 2.47. The van der Waals surface area contributed by atoms with Crippen LogP contribution in [0.2, 0.25) is 0 Å². The van der Waals surface area contributed by atoms with Crippen LogP contribution in [0.5, 0.6) is 0 Å². The molecule has 0 aromatic heterocycles. The summed E-state index contributed by atoms with van der Waals surface area (Å²) in [7, 11) is 1.16. The number of hydrogen-bond donors (Lipinski definition) is 1. The Kier molecular flexibility index (Phi) is 7.45. The van der Waals surface area contributed by atoms with Crippen molar-refractivity contribution in [3.63, 3.8) is 0 Å². The molecule has 2 aromatic rings. The van der Waals surface area contributed by atoms with Crippen molar-refractivity contribution in [2.24, 2.45) is 0 Å². The first-order chi connectivity index (χ1) is 13.0. The summed E-state index contributed by atoms with van der Waals surface area (Å²) in [4.78, 5) is 12.2. The Morgan fingerprint density at radius 2 is 1.48 bits per heavy atom. The highest BCUT2D eigenvalue weighted by Crippen LogP contribution is 2.38. The van der Waals surface area contributed by atoms with Crippen molar-refractivity contribution in [2.75, 3.05) is 13.7 Å². The van der Waals surface area contributed by atoms with Gasteiger partial charge in [-0.05, 0) is 41.8 Å². The maximum absolute atomic E-state index is 13.5. The van der Waals surface area contributed by atoms with Crippen molar-refractivity contribution in [3.8, 4) is 0 Å². The SMILES string of the molecule is CCCCCOC(c1ccc(F)cc1)(c1ccc(F)cc1)C(O)C(=O)OC. The zero-order valence-electron chi connectivity index (χ0n) is 15.5. The lowest BCUT2D eigenvalue weighted by Gasteiger charge is -2.37. The second-order valence-corrected chi connectivity index (χ2v) is 6.23. The van der Waals surface area contributed by atoms with Gasteiger partial charge < -0.3 is 14.6 Å². The highest BCUT2D eigenvalue weighted by molar-refractivity contribution is 5.77. The van der Waals surface area contributed by atoms with Gasteiger partial charge in [-0.15, -0.1) is 0 Å². The first kappa shape index (κ1) is 21.0. The second-order valence-electron chi connectivity index (χ2n) is 6.23. The fourth-order valence-electron chi connectivity index (χ4n) is 2.99. The highest BCUT2D eigenvalue weighted by atomic mass is 19.1. The largest absolute Gasteiger partial charge is 0.467 e. The molecular weight excluding hydrogens is 354 g/mol. The molecule has 1 unspecified atom stereocenters. The van der Waals surface area contributed by atoms with Gasteiger partial charge in [-0.2, -0.15) is 0 Å². The Balaban J connectivity index is 2.60. The normalized spacial score (nSPS) is 12.6. The van der Waals surface area contributed by atoms with Gasteiger partial charge in [-0.1, -0.05) is 44.0 Å². The van der Waals surface area contributed by atoms with Gasteiger partial charge in [0.1, 0.15) is 11.6 Å². The molecule has 0 saturated heterocycles. The van der Waals surface area contributed by atoms with Gasteiger partial charge in [0.25, 0.3) is 0 Å². The molecule has 1 N–H and O–H groups in total. The summed E-state index contributed by atoms with van der Waals surface area (Å²) >= 11 is 0. The monoisotopic (exact) mass is 378 g/mol. The number of halogens is 2. The van der Waals surface area contributed by atoms with Gasteiger partial charge in [0, 0.05) is 6.61 Å². The minimum absolute atomic E-state index is 0.247. The molecule has 0 heterocycles. The van der Waals surface area contributed by atoms with E-state index in [9.17, 15) is 18.7 Å². The van der Waals surface area contributed by atoms with Crippen molar-refractivity contribution >= 4 is 5.97 Å². The quantitative estimate of drug-likeness (QED) is 0.530. The van der Waals surface area contributed by atoms with Crippen LogP contribution in [0.3, 0.4) is 0 Å². The fraction of sp³-hybridized carbons (Fsp3) is 0.381. The Labute approximate surface area is 157 Å². The maximum Gasteiger partial charge on any atom is 0.338 e. The van der Waals surface area contributed by atoms with E-state index in [4.69, 9.17) is 9.47 Å². The predicted molar refractivity (Wildman–Crippen MR) is 97.1 cm³/mol. The number of hydrogen-bond acceptors (Lipinski definition) is 4. The van der Waals surface area contributed by atoms with Crippen LogP contribution in [0.25, 0.3) is 0 Å². The summed E-state index contributed by atoms with van der Waals surface area (Å²) in [6.45, 7) is 2.28. The van der Waals surface area contributed by atoms with Crippen LogP contribution < -0.4 is 0 Å². The predicted octanol–water partition coefficient (Wildman–Crippen LogP) is 3.95. The lowest BCUT2D eigenvalue weighted by Crippen LogP contribution is -2.48. The summed E-state index contributed by atoms with van der Waals surface area (Å²) in [6.07, 6.45) is 0.842. The van der Waals surface area contributed by atoms with E-state index in [1.807, 2.05) is 6.92 Å². The molecule has 0 spiro atoms. The molecule has 0 amide bonds. The Morgan fingerprint density at radius 1 is 1.00 bits per heavy atom. The number of rotatable bonds is 9. The molecule has 0 bridgehead atoms. The van der Waals surface area contributed by atoms with Crippen LogP contribution in [-0.2, 0) is 19.9 Å². The molecule has 4 nitrogen and oxygen atoms in total. The van der Waals surface area contributed by atoms with Crippen LogP contribution in [0.1, 0.15) is 37.3 Å². The number of benzene rings is 2. The molecule has 0 radical (unpaired) electrons. The Morgan fingerprint density at radius 3 is 1.89 bits per heavy atom. The molecule has 0 fully saturated rings. The second kappa shape index (κ2) is 9.58. The van der Waals surface area contributed by atoms with Gasteiger partial charge >= 0.3 is 5.97 Å². The molecule has 6 heteroatoms. The smallest absolute Gasteiger partial charge is 0.338 e. The van der Waals surface area contributed by atoms with Gasteiger partial charge in [0.05, 0.1) is 7.11 Å². The van der Waals surface area contributed by atoms with E-state index in [2.05, 4.69) is 0 Å². The van der Waals surface area contributed by atoms with Crippen LogP contribution in [0, 0.1) is 11.6 Å². The van der Waals surface area contributed by atoms with E-state index < -0.39 is 29.3 Å². The molecule has 0 aliphatic heterocycles. The molecule has 2 aromatic carbocycles. The zero-order chi connectivity index (χ0) is 19.9. The van der Waals surface area contributed by atoms with E-state index in [1.54, 1.807) is 0 Å². The van der Waals surface area contributed by atoms with Crippen molar-refractivity contribution in [3.05, 3.63) is 71.3 Å². The van der Waals surface area contributed by atoms with Crippen molar-refractivity contribution in [2.45, 2.75) is 37.9 Å². The summed E-state index contributed by atoms with van der Waals surface area (Å²) in [6, 6.07) is 10.6. The van der Waals surface area contributed by atoms with Crippen LogP contribution in [0.4, 0.5) is 8.78 Å². The van der Waals surface area contributed by atoms with Crippen LogP contribution in [-0.4, -0.2) is 30.9 Å². The standard InChI is InChI=1S/C21H24F2O4/c1-3-4-5-14-27-21(19(24)20(25)26-2,15-6-10-17(22)11-7-15)16-8-12-18(23)13-9-16/h6-13,19,24H,3-5,14H2,1-2H3. The molecule has 2 rings (SSSR count). The number of ether oxygens (including phenoxy) is 2. The summed E-state index contributed by atoms with van der Waals surface area (Å²) < 4.78 is 37.7. The average molecular weight is 378 g/mol. The number of unbranched alkanes of at least 4 members (excludes halogenated alkanes) is 2. The minimum Gasteiger partial charge on any atom is -0.467 e. The van der Waals surface area contributed by atoms with Crippen molar-refractivity contribution in [1.29, 1.82) is 0 Å². The first-order valence-corrected chi connectivity index (χ1v) is 8.87. The van der Waals surface area contributed by atoms with Gasteiger partial charge in [0.15, 0.2) is 11.7 Å². The van der Waals surface area contributed by atoms with Crippen molar-refractivity contribution < 1.29 is 28.2 Å². The number of carbonyl (C=O) groups is 1. The third-order valence-corrected chi connectivity index (χ3v) is 4.43. The molecule has 146 valence electrons. The van der Waals surface area contributed by atoms with E-state index in [-0.39, 0.29) is 6.61 Å². The average Bonchev–Trinajstić information content (AvgIpc) is 2.69. The summed E-state index contributed by atoms with van der Waals surface area (Å²) in [5.41, 5.74) is -0.919. The molecular formula is C21H24F2O4. The number of aliphatic hydroxyl groups is 1. The lowest BCUT2D eigenvalue weighted by atomic mass is 9.81. The van der Waals surface area contributed by atoms with Crippen LogP contribution >= 0.6 is 0 Å². The molecule has 0 aliphatic rings. The Hall–Kier alpha value is -2.31. The van der Waals surface area contributed by atoms with E-state index >= 15 is 0 Å². The first-order valence-electron chi connectivity index (χ1n) is 8.87. The zero-order valence-corrected chi connectivity index (χ0v) is 15.5. The van der Waals surface area contributed by atoms with Gasteiger partial charge in [-0.3, -0.25) is 0 Å². The van der Waals surface area contributed by atoms with Crippen molar-refractivity contribution in [1.82, 2.24) is 0 Å². The van der Waals surface area contributed by atoms with E-state index in [0.717, 1.165) is 20.0 Å². The molecule has 0 aliphatic carbocycles. The number of methoxy groups -OCH3 is 1. The molecule has 1 atom stereocenters. The third-order valence-electron chi connectivity index (χ3n) is 4.43. The third kappa shape index (κ3) is 4.70. The Bertz CT molecular complexity index is 683. The maximum atomic E-state index is 13.5. The lowest BCUT2D eigenvalue weighted by molar-refractivity contribution is -0.171. The van der Waals surface area contributed by atoms with Gasteiger partial charge in [-0.25, -0.2) is 13.6 Å². The number of aliphatic hydroxyl groups excluding tert-OH is 1. The molecule has 27 heavy (non-hydrogen) atoms. The van der Waals surface area contributed by atoms with E-state index in [0.29, 0.717) is 17.5 Å². The summed E-state index contributed by atoms with van der Waals surface area (Å²) in [5.74, 6) is -1.84. The molecule has 0 saturated carbocycles. The topological polar surface area (TPSA) is 55.8 Å². The summed E-state index contributed by atoms with van der Waals surface area (Å²) in [5, 5.41) is 10.8. The van der Waals surface area contributed by atoms with E-state index in [1.165, 1.54) is 48.5 Å². The van der Waals surface area contributed by atoms with Gasteiger partial charge in [0.2, 0.25) is 0 Å². The van der Waals surface area contributed by atoms with Crippen LogP contribution in [0.15, 0.2) is 48.5 Å². The number of esters is 1. The fourth-order valence-corrected chi connectivity index (χ4v) is 2.99. The minimum atomic E-state index is -1.72. The number of carbonyl (C=O) groups excluding carboxylic acids is 1.